The Hall–Kier alpha value is -1.01. The van der Waals surface area contributed by atoms with Crippen molar-refractivity contribution in [3.05, 3.63) is 22.7 Å². The van der Waals surface area contributed by atoms with E-state index >= 15 is 0 Å². The summed E-state index contributed by atoms with van der Waals surface area (Å²) >= 11 is 6.30. The van der Waals surface area contributed by atoms with E-state index in [4.69, 9.17) is 30.5 Å². The molecule has 5 nitrogen and oxygen atoms in total. The van der Waals surface area contributed by atoms with Gasteiger partial charge in [0.2, 0.25) is 0 Å². The molecule has 0 aliphatic heterocycles. The first-order valence-electron chi connectivity index (χ1n) is 6.84. The molecule has 1 atom stereocenters. The fourth-order valence-corrected chi connectivity index (χ4v) is 2.14. The number of halogens is 1. The van der Waals surface area contributed by atoms with Crippen LogP contribution in [0.3, 0.4) is 0 Å². The van der Waals surface area contributed by atoms with E-state index in [0.29, 0.717) is 36.3 Å². The Labute approximate surface area is 131 Å². The minimum absolute atomic E-state index is 0.105. The van der Waals surface area contributed by atoms with Gasteiger partial charge in [0.25, 0.3) is 0 Å². The van der Waals surface area contributed by atoms with Crippen LogP contribution >= 0.6 is 11.6 Å². The first-order chi connectivity index (χ1) is 10.1. The van der Waals surface area contributed by atoms with Crippen LogP contribution in [0.25, 0.3) is 0 Å². The quantitative estimate of drug-likeness (QED) is 0.672. The number of methoxy groups -OCH3 is 3. The van der Waals surface area contributed by atoms with E-state index in [2.05, 4.69) is 5.32 Å². The summed E-state index contributed by atoms with van der Waals surface area (Å²) in [7, 11) is 4.91. The average Bonchev–Trinajstić information content (AvgIpc) is 2.46. The summed E-state index contributed by atoms with van der Waals surface area (Å²) < 4.78 is 21.2. The molecule has 0 fully saturated rings. The molecule has 6 heteroatoms. The second kappa shape index (κ2) is 9.84. The molecule has 0 saturated heterocycles. The highest BCUT2D eigenvalue weighted by Gasteiger charge is 2.15. The lowest BCUT2D eigenvalue weighted by molar-refractivity contribution is 0.0900. The zero-order valence-electron chi connectivity index (χ0n) is 13.1. The Morgan fingerprint density at radius 3 is 2.57 bits per heavy atom. The van der Waals surface area contributed by atoms with Gasteiger partial charge < -0.3 is 24.3 Å². The Kier molecular flexibility index (Phi) is 8.45. The summed E-state index contributed by atoms with van der Waals surface area (Å²) in [4.78, 5) is 0. The summed E-state index contributed by atoms with van der Waals surface area (Å²) in [5, 5.41) is 3.79. The van der Waals surface area contributed by atoms with E-state index in [-0.39, 0.29) is 6.10 Å². The van der Waals surface area contributed by atoms with Gasteiger partial charge in [0.05, 0.1) is 25.3 Å². The maximum Gasteiger partial charge on any atom is 0.180 e. The second-order valence-electron chi connectivity index (χ2n) is 4.66. The van der Waals surface area contributed by atoms with Gasteiger partial charge in [0.15, 0.2) is 11.5 Å². The molecule has 0 saturated carbocycles. The van der Waals surface area contributed by atoms with E-state index in [1.165, 1.54) is 0 Å². The van der Waals surface area contributed by atoms with E-state index in [9.17, 15) is 0 Å². The molecule has 0 radical (unpaired) electrons. The lowest BCUT2D eigenvalue weighted by Crippen LogP contribution is -2.20. The van der Waals surface area contributed by atoms with Crippen molar-refractivity contribution in [2.75, 3.05) is 41.1 Å². The third-order valence-corrected chi connectivity index (χ3v) is 3.10. The predicted octanol–water partition coefficient (Wildman–Crippen LogP) is 2.50. The van der Waals surface area contributed by atoms with Gasteiger partial charge in [0, 0.05) is 27.3 Å². The molecule has 0 aromatic heterocycles. The van der Waals surface area contributed by atoms with Crippen LogP contribution in [-0.4, -0.2) is 47.2 Å². The molecule has 0 aliphatic rings. The molecule has 1 rings (SSSR count). The van der Waals surface area contributed by atoms with Crippen molar-refractivity contribution >= 4 is 11.6 Å². The van der Waals surface area contributed by atoms with Crippen LogP contribution in [0.1, 0.15) is 12.5 Å². The highest BCUT2D eigenvalue weighted by molar-refractivity contribution is 6.32. The maximum atomic E-state index is 6.30. The monoisotopic (exact) mass is 317 g/mol. The smallest absolute Gasteiger partial charge is 0.180 e. The van der Waals surface area contributed by atoms with E-state index < -0.39 is 0 Å². The average molecular weight is 318 g/mol. The van der Waals surface area contributed by atoms with Crippen molar-refractivity contribution < 1.29 is 18.9 Å². The lowest BCUT2D eigenvalue weighted by atomic mass is 10.2. The van der Waals surface area contributed by atoms with Crippen LogP contribution in [-0.2, 0) is 16.0 Å². The molecule has 0 aliphatic carbocycles. The van der Waals surface area contributed by atoms with Crippen LogP contribution in [0.5, 0.6) is 11.5 Å². The van der Waals surface area contributed by atoms with Crippen molar-refractivity contribution in [2.24, 2.45) is 0 Å². The van der Waals surface area contributed by atoms with Gasteiger partial charge in [-0.15, -0.1) is 0 Å². The summed E-state index contributed by atoms with van der Waals surface area (Å²) in [5.41, 5.74) is 1.03. The Morgan fingerprint density at radius 2 is 1.95 bits per heavy atom. The fraction of sp³-hybridized carbons (Fsp3) is 0.600. The molecule has 0 amide bonds. The Balaban J connectivity index is 2.76. The van der Waals surface area contributed by atoms with Crippen molar-refractivity contribution in [3.8, 4) is 11.5 Å². The minimum atomic E-state index is -0.105. The third kappa shape index (κ3) is 6.09. The third-order valence-electron chi connectivity index (χ3n) is 2.82. The molecular formula is C15H24ClNO4. The van der Waals surface area contributed by atoms with Gasteiger partial charge in [0.1, 0.15) is 6.10 Å². The number of rotatable bonds is 10. The largest absolute Gasteiger partial charge is 0.493 e. The number of benzene rings is 1. The fourth-order valence-electron chi connectivity index (χ4n) is 1.87. The summed E-state index contributed by atoms with van der Waals surface area (Å²) in [5.74, 6) is 1.17. The van der Waals surface area contributed by atoms with E-state index in [1.807, 2.05) is 19.1 Å². The van der Waals surface area contributed by atoms with Gasteiger partial charge in [-0.05, 0) is 24.6 Å². The zero-order valence-corrected chi connectivity index (χ0v) is 13.8. The summed E-state index contributed by atoms with van der Waals surface area (Å²) in [6.45, 7) is 4.53. The van der Waals surface area contributed by atoms with Crippen LogP contribution in [0.15, 0.2) is 12.1 Å². The predicted molar refractivity (Wildman–Crippen MR) is 83.6 cm³/mol. The van der Waals surface area contributed by atoms with Gasteiger partial charge in [-0.25, -0.2) is 0 Å². The molecule has 0 heterocycles. The highest BCUT2D eigenvalue weighted by Crippen LogP contribution is 2.37. The molecule has 1 unspecified atom stereocenters. The van der Waals surface area contributed by atoms with Crippen LogP contribution in [0.2, 0.25) is 5.02 Å². The van der Waals surface area contributed by atoms with Crippen LogP contribution < -0.4 is 14.8 Å². The molecule has 120 valence electrons. The number of nitrogens with one attached hydrogen (secondary N) is 1. The minimum Gasteiger partial charge on any atom is -0.493 e. The number of hydrogen-bond donors (Lipinski definition) is 1. The maximum absolute atomic E-state index is 6.30. The van der Waals surface area contributed by atoms with Gasteiger partial charge in [-0.3, -0.25) is 0 Å². The number of hydrogen-bond acceptors (Lipinski definition) is 5. The Morgan fingerprint density at radius 1 is 1.19 bits per heavy atom. The van der Waals surface area contributed by atoms with Crippen molar-refractivity contribution in [3.63, 3.8) is 0 Å². The SMILES string of the molecule is COCCNCc1cc(Cl)c(OC(C)COC)c(OC)c1. The first-order valence-corrected chi connectivity index (χ1v) is 7.21. The lowest BCUT2D eigenvalue weighted by Gasteiger charge is -2.18. The standard InChI is InChI=1S/C15H24ClNO4/c1-11(10-19-3)21-15-13(16)7-12(8-14(15)20-4)9-17-5-6-18-2/h7-8,11,17H,5-6,9-10H2,1-4H3. The van der Waals surface area contributed by atoms with Crippen molar-refractivity contribution in [1.29, 1.82) is 0 Å². The van der Waals surface area contributed by atoms with Gasteiger partial charge in [-0.1, -0.05) is 11.6 Å². The van der Waals surface area contributed by atoms with E-state index in [0.717, 1.165) is 12.1 Å². The summed E-state index contributed by atoms with van der Waals surface area (Å²) in [6, 6.07) is 3.79. The normalized spacial score (nSPS) is 12.2. The topological polar surface area (TPSA) is 49.0 Å². The molecular weight excluding hydrogens is 294 g/mol. The van der Waals surface area contributed by atoms with Crippen LogP contribution in [0, 0.1) is 0 Å². The molecule has 0 spiro atoms. The van der Waals surface area contributed by atoms with Crippen molar-refractivity contribution in [2.45, 2.75) is 19.6 Å². The number of ether oxygens (including phenoxy) is 4. The first kappa shape index (κ1) is 18.0. The molecule has 1 N–H and O–H groups in total. The molecule has 21 heavy (non-hydrogen) atoms. The summed E-state index contributed by atoms with van der Waals surface area (Å²) in [6.07, 6.45) is -0.105. The molecule has 1 aromatic carbocycles. The zero-order chi connectivity index (χ0) is 15.7. The van der Waals surface area contributed by atoms with Gasteiger partial charge in [-0.2, -0.15) is 0 Å². The van der Waals surface area contributed by atoms with Crippen molar-refractivity contribution in [1.82, 2.24) is 5.32 Å². The van der Waals surface area contributed by atoms with Crippen LogP contribution in [0.4, 0.5) is 0 Å². The van der Waals surface area contributed by atoms with Gasteiger partial charge >= 0.3 is 0 Å². The highest BCUT2D eigenvalue weighted by atomic mass is 35.5. The molecule has 1 aromatic rings. The Bertz CT molecular complexity index is 428. The second-order valence-corrected chi connectivity index (χ2v) is 5.07. The van der Waals surface area contributed by atoms with E-state index in [1.54, 1.807) is 21.3 Å². The molecule has 0 bridgehead atoms.